The Kier molecular flexibility index (Phi) is 4.02. The monoisotopic (exact) mass is 499 g/mol. The molecule has 8 heteroatoms. The van der Waals surface area contributed by atoms with E-state index < -0.39 is 17.4 Å². The smallest absolute Gasteiger partial charge is 0.250 e. The molecule has 0 radical (unpaired) electrons. The van der Waals surface area contributed by atoms with Crippen molar-refractivity contribution in [3.8, 4) is 0 Å². The minimum atomic E-state index is -1.20. The molecule has 0 unspecified atom stereocenters. The highest BCUT2D eigenvalue weighted by Crippen LogP contribution is 2.61. The van der Waals surface area contributed by atoms with Crippen molar-refractivity contribution in [2.75, 3.05) is 16.8 Å². The van der Waals surface area contributed by atoms with Gasteiger partial charge in [-0.1, -0.05) is 27.5 Å². The first-order valence-electron chi connectivity index (χ1n) is 10.4. The second-order valence-electron chi connectivity index (χ2n) is 8.76. The normalized spacial score (nSPS) is 31.4. The maximum Gasteiger partial charge on any atom is 0.250 e. The molecule has 0 saturated carbocycles. The number of nitrogens with zero attached hydrogens (tertiary/aromatic N) is 2. The zero-order valence-corrected chi connectivity index (χ0v) is 19.0. The van der Waals surface area contributed by atoms with Gasteiger partial charge in [-0.3, -0.25) is 19.3 Å². The quantitative estimate of drug-likeness (QED) is 0.604. The lowest BCUT2D eigenvalue weighted by molar-refractivity contribution is -0.135. The molecule has 4 aliphatic heterocycles. The Morgan fingerprint density at radius 1 is 1.13 bits per heavy atom. The summed E-state index contributed by atoms with van der Waals surface area (Å²) in [4.78, 5) is 44.5. The average molecular weight is 501 g/mol. The Labute approximate surface area is 192 Å². The zero-order valence-electron chi connectivity index (χ0n) is 16.7. The van der Waals surface area contributed by atoms with E-state index in [-0.39, 0.29) is 23.8 Å². The van der Waals surface area contributed by atoms with E-state index in [0.29, 0.717) is 22.9 Å². The van der Waals surface area contributed by atoms with E-state index in [0.717, 1.165) is 28.4 Å². The number of hydrogen-bond acceptors (Lipinski definition) is 4. The van der Waals surface area contributed by atoms with Gasteiger partial charge in [0.2, 0.25) is 17.7 Å². The molecule has 31 heavy (non-hydrogen) atoms. The summed E-state index contributed by atoms with van der Waals surface area (Å²) in [5.41, 5.74) is 1.62. The second kappa shape index (κ2) is 6.40. The van der Waals surface area contributed by atoms with Gasteiger partial charge in [-0.2, -0.15) is 0 Å². The predicted molar refractivity (Wildman–Crippen MR) is 120 cm³/mol. The third kappa shape index (κ3) is 2.29. The van der Waals surface area contributed by atoms with E-state index in [1.807, 2.05) is 25.1 Å². The van der Waals surface area contributed by atoms with Gasteiger partial charge >= 0.3 is 0 Å². The highest BCUT2D eigenvalue weighted by atomic mass is 79.9. The zero-order chi connectivity index (χ0) is 21.7. The van der Waals surface area contributed by atoms with Gasteiger partial charge < -0.3 is 5.32 Å². The Bertz CT molecular complexity index is 1180. The molecule has 4 atom stereocenters. The van der Waals surface area contributed by atoms with Crippen LogP contribution in [0.3, 0.4) is 0 Å². The molecule has 1 spiro atoms. The molecular formula is C23H19BrClN3O3. The molecule has 158 valence electrons. The highest BCUT2D eigenvalue weighted by Gasteiger charge is 2.74. The summed E-state index contributed by atoms with van der Waals surface area (Å²) in [6.07, 6.45) is 1.68. The lowest BCUT2D eigenvalue weighted by Crippen LogP contribution is -2.54. The van der Waals surface area contributed by atoms with Gasteiger partial charge in [0.1, 0.15) is 5.54 Å². The fourth-order valence-corrected chi connectivity index (χ4v) is 6.82. The summed E-state index contributed by atoms with van der Waals surface area (Å²) < 4.78 is 0.864. The molecule has 6 rings (SSSR count). The van der Waals surface area contributed by atoms with Crippen molar-refractivity contribution in [2.45, 2.75) is 31.3 Å². The van der Waals surface area contributed by atoms with Gasteiger partial charge in [0, 0.05) is 26.8 Å². The summed E-state index contributed by atoms with van der Waals surface area (Å²) in [6, 6.07) is 10.6. The first-order chi connectivity index (χ1) is 14.9. The minimum absolute atomic E-state index is 0.141. The Balaban J connectivity index is 1.57. The summed E-state index contributed by atoms with van der Waals surface area (Å²) >= 11 is 9.80. The minimum Gasteiger partial charge on any atom is -0.324 e. The molecule has 2 aromatic carbocycles. The van der Waals surface area contributed by atoms with Crippen LogP contribution in [0.4, 0.5) is 11.4 Å². The van der Waals surface area contributed by atoms with Crippen LogP contribution in [-0.4, -0.2) is 35.2 Å². The van der Waals surface area contributed by atoms with Gasteiger partial charge in [-0.15, -0.1) is 0 Å². The van der Waals surface area contributed by atoms with E-state index in [1.165, 1.54) is 4.90 Å². The van der Waals surface area contributed by atoms with Crippen molar-refractivity contribution in [1.29, 1.82) is 0 Å². The summed E-state index contributed by atoms with van der Waals surface area (Å²) in [5, 5.41) is 3.54. The van der Waals surface area contributed by atoms with E-state index in [1.54, 1.807) is 18.2 Å². The van der Waals surface area contributed by atoms with Crippen LogP contribution >= 0.6 is 27.5 Å². The van der Waals surface area contributed by atoms with Crippen molar-refractivity contribution in [1.82, 2.24) is 4.90 Å². The van der Waals surface area contributed by atoms with Crippen molar-refractivity contribution in [3.63, 3.8) is 0 Å². The number of carbonyl (C=O) groups is 3. The number of amides is 3. The number of benzene rings is 2. The molecule has 4 aliphatic rings. The number of imide groups is 1. The average Bonchev–Trinajstić information content (AvgIpc) is 3.42. The van der Waals surface area contributed by atoms with Crippen molar-refractivity contribution in [3.05, 3.63) is 57.0 Å². The Morgan fingerprint density at radius 3 is 2.61 bits per heavy atom. The van der Waals surface area contributed by atoms with Crippen LogP contribution in [0.25, 0.3) is 0 Å². The first kappa shape index (κ1) is 19.5. The Hall–Kier alpha value is -2.22. The molecule has 3 amide bonds. The predicted octanol–water partition coefficient (Wildman–Crippen LogP) is 3.84. The largest absolute Gasteiger partial charge is 0.324 e. The van der Waals surface area contributed by atoms with Gasteiger partial charge in [0.15, 0.2) is 0 Å². The molecule has 1 N–H and O–H groups in total. The molecule has 3 fully saturated rings. The maximum atomic E-state index is 13.9. The number of nitrogens with one attached hydrogen (secondary N) is 1. The van der Waals surface area contributed by atoms with Crippen molar-refractivity contribution < 1.29 is 14.4 Å². The van der Waals surface area contributed by atoms with Crippen LogP contribution in [0.5, 0.6) is 0 Å². The highest BCUT2D eigenvalue weighted by molar-refractivity contribution is 9.10. The van der Waals surface area contributed by atoms with E-state index >= 15 is 0 Å². The topological polar surface area (TPSA) is 69.7 Å². The maximum absolute atomic E-state index is 13.9. The number of aryl methyl sites for hydroxylation is 1. The van der Waals surface area contributed by atoms with Crippen LogP contribution < -0.4 is 10.2 Å². The molecule has 6 nitrogen and oxygen atoms in total. The van der Waals surface area contributed by atoms with E-state index in [4.69, 9.17) is 11.6 Å². The SMILES string of the molecule is Cc1cc(Cl)cc2c1NC(=O)[C@]21[C@@H]2C(=O)N(c3ccc(Br)cc3)C(=O)[C@@H]2[C@@H]2CCCN21. The van der Waals surface area contributed by atoms with Crippen LogP contribution in [-0.2, 0) is 19.9 Å². The molecule has 3 saturated heterocycles. The summed E-state index contributed by atoms with van der Waals surface area (Å²) in [6.45, 7) is 2.57. The van der Waals surface area contributed by atoms with Crippen LogP contribution in [0.2, 0.25) is 5.02 Å². The Morgan fingerprint density at radius 2 is 1.87 bits per heavy atom. The molecule has 0 aromatic heterocycles. The number of carbonyl (C=O) groups excluding carboxylic acids is 3. The van der Waals surface area contributed by atoms with Crippen molar-refractivity contribution in [2.24, 2.45) is 11.8 Å². The van der Waals surface area contributed by atoms with Crippen LogP contribution in [0.1, 0.15) is 24.0 Å². The first-order valence-corrected chi connectivity index (χ1v) is 11.5. The lowest BCUT2D eigenvalue weighted by atomic mass is 9.75. The van der Waals surface area contributed by atoms with Gasteiger partial charge in [0.05, 0.1) is 17.5 Å². The lowest BCUT2D eigenvalue weighted by Gasteiger charge is -2.36. The van der Waals surface area contributed by atoms with E-state index in [9.17, 15) is 14.4 Å². The summed E-state index contributed by atoms with van der Waals surface area (Å²) in [5.74, 6) is -2.08. The van der Waals surface area contributed by atoms with Gasteiger partial charge in [-0.05, 0) is 68.3 Å². The van der Waals surface area contributed by atoms with Gasteiger partial charge in [-0.25, -0.2) is 4.90 Å². The molecule has 0 aliphatic carbocycles. The number of hydrogen-bond donors (Lipinski definition) is 1. The molecular weight excluding hydrogens is 482 g/mol. The number of halogens is 2. The van der Waals surface area contributed by atoms with Gasteiger partial charge in [0.25, 0.3) is 0 Å². The number of rotatable bonds is 1. The third-order valence-electron chi connectivity index (χ3n) is 7.35. The molecule has 0 bridgehead atoms. The molecule has 2 aromatic rings. The van der Waals surface area contributed by atoms with Crippen LogP contribution in [0.15, 0.2) is 40.9 Å². The van der Waals surface area contributed by atoms with E-state index in [2.05, 4.69) is 26.1 Å². The standard InChI is InChI=1S/C23H19BrClN3O3/c1-11-9-13(25)10-15-19(11)26-22(31)23(15)18-17(16-3-2-8-27(16)23)20(29)28(21(18)30)14-6-4-12(24)5-7-14/h4-7,9-10,16-18H,2-3,8H2,1H3,(H,26,31)/t16-,17+,18-,23+/m0/s1. The third-order valence-corrected chi connectivity index (χ3v) is 8.10. The summed E-state index contributed by atoms with van der Waals surface area (Å²) in [7, 11) is 0. The number of fused-ring (bicyclic) bond motifs is 7. The second-order valence-corrected chi connectivity index (χ2v) is 10.1. The van der Waals surface area contributed by atoms with Crippen LogP contribution in [0, 0.1) is 18.8 Å². The fourth-order valence-electron chi connectivity index (χ4n) is 6.28. The van der Waals surface area contributed by atoms with Crippen molar-refractivity contribution >= 4 is 56.6 Å². The fraction of sp³-hybridized carbons (Fsp3) is 0.348. The molecule has 4 heterocycles. The number of anilines is 2.